The van der Waals surface area contributed by atoms with Gasteiger partial charge < -0.3 is 5.73 Å². The Morgan fingerprint density at radius 1 is 1.17 bits per heavy atom. The Morgan fingerprint density at radius 3 is 2.67 bits per heavy atom. The summed E-state index contributed by atoms with van der Waals surface area (Å²) in [5.74, 6) is 0.864. The first-order valence-corrected chi connectivity index (χ1v) is 7.08. The van der Waals surface area contributed by atoms with Gasteiger partial charge in [0, 0.05) is 11.8 Å². The van der Waals surface area contributed by atoms with E-state index in [0.717, 1.165) is 5.75 Å². The van der Waals surface area contributed by atoms with Crippen LogP contribution in [0.3, 0.4) is 0 Å². The molecule has 0 bridgehead atoms. The molecule has 0 amide bonds. The molecule has 0 spiro atoms. The molecule has 0 aliphatic heterocycles. The zero-order chi connectivity index (χ0) is 13.0. The van der Waals surface area contributed by atoms with Gasteiger partial charge in [-0.15, -0.1) is 0 Å². The molecule has 0 aliphatic rings. The van der Waals surface area contributed by atoms with Crippen LogP contribution in [0.25, 0.3) is 10.8 Å². The molecule has 0 radical (unpaired) electrons. The molecule has 0 saturated carbocycles. The average Bonchev–Trinajstić information content (AvgIpc) is 2.35. The lowest BCUT2D eigenvalue weighted by molar-refractivity contribution is 0.838. The predicted octanol–water partition coefficient (Wildman–Crippen LogP) is 3.80. The quantitative estimate of drug-likeness (QED) is 0.672. The Bertz CT molecular complexity index is 556. The van der Waals surface area contributed by atoms with Crippen LogP contribution >= 0.6 is 11.8 Å². The van der Waals surface area contributed by atoms with E-state index in [2.05, 4.69) is 47.5 Å². The first-order valence-electron chi connectivity index (χ1n) is 6.09. The summed E-state index contributed by atoms with van der Waals surface area (Å²) >= 11 is 1.60. The van der Waals surface area contributed by atoms with E-state index in [1.807, 2.05) is 13.8 Å². The van der Waals surface area contributed by atoms with Crippen LogP contribution in [0.5, 0.6) is 0 Å². The molecule has 0 heterocycles. The standard InChI is InChI=1S/C15H18N2S/c1-11(2)17-15(16)18-10-13-8-5-7-12-6-3-4-9-14(12)13/h3-9,11H,10H2,1-2H3,(H2,16,17). The van der Waals surface area contributed by atoms with Crippen LogP contribution in [0.15, 0.2) is 47.5 Å². The Hall–Kier alpha value is -1.48. The fraction of sp³-hybridized carbons (Fsp3) is 0.267. The lowest BCUT2D eigenvalue weighted by Crippen LogP contribution is -2.10. The summed E-state index contributed by atoms with van der Waals surface area (Å²) in [5.41, 5.74) is 7.19. The highest BCUT2D eigenvalue weighted by Gasteiger charge is 2.02. The monoisotopic (exact) mass is 258 g/mol. The molecule has 2 aromatic carbocycles. The predicted molar refractivity (Wildman–Crippen MR) is 82.0 cm³/mol. The Morgan fingerprint density at radius 2 is 1.89 bits per heavy atom. The molecule has 2 N–H and O–H groups in total. The molecule has 2 rings (SSSR count). The molecule has 0 aliphatic carbocycles. The summed E-state index contributed by atoms with van der Waals surface area (Å²) in [6.45, 7) is 4.07. The fourth-order valence-corrected chi connectivity index (χ4v) is 2.70. The highest BCUT2D eigenvalue weighted by atomic mass is 32.2. The lowest BCUT2D eigenvalue weighted by Gasteiger charge is -2.06. The van der Waals surface area contributed by atoms with Gasteiger partial charge in [0.15, 0.2) is 5.17 Å². The van der Waals surface area contributed by atoms with E-state index in [0.29, 0.717) is 5.17 Å². The molecule has 0 unspecified atom stereocenters. The van der Waals surface area contributed by atoms with Crippen molar-refractivity contribution in [3.05, 3.63) is 48.0 Å². The van der Waals surface area contributed by atoms with E-state index in [1.165, 1.54) is 16.3 Å². The maximum atomic E-state index is 5.88. The highest BCUT2D eigenvalue weighted by Crippen LogP contribution is 2.22. The summed E-state index contributed by atoms with van der Waals surface area (Å²) in [7, 11) is 0. The Balaban J connectivity index is 2.17. The van der Waals surface area contributed by atoms with Crippen molar-refractivity contribution in [1.29, 1.82) is 0 Å². The maximum absolute atomic E-state index is 5.88. The van der Waals surface area contributed by atoms with Crippen molar-refractivity contribution in [1.82, 2.24) is 0 Å². The number of amidine groups is 1. The molecule has 0 saturated heterocycles. The molecule has 0 atom stereocenters. The van der Waals surface area contributed by atoms with Crippen LogP contribution < -0.4 is 5.73 Å². The molecule has 0 fully saturated rings. The Kier molecular flexibility index (Phi) is 4.26. The third-order valence-electron chi connectivity index (χ3n) is 2.64. The first kappa shape index (κ1) is 13.0. The van der Waals surface area contributed by atoms with E-state index in [-0.39, 0.29) is 6.04 Å². The van der Waals surface area contributed by atoms with Crippen LogP contribution in [0.1, 0.15) is 19.4 Å². The second-order valence-electron chi connectivity index (χ2n) is 4.49. The second kappa shape index (κ2) is 5.91. The third kappa shape index (κ3) is 3.26. The zero-order valence-corrected chi connectivity index (χ0v) is 11.6. The van der Waals surface area contributed by atoms with Gasteiger partial charge in [0.1, 0.15) is 0 Å². The fourth-order valence-electron chi connectivity index (χ4n) is 1.86. The van der Waals surface area contributed by atoms with Crippen molar-refractivity contribution in [3.8, 4) is 0 Å². The molecule has 2 aromatic rings. The van der Waals surface area contributed by atoms with Crippen LogP contribution in [0, 0.1) is 0 Å². The van der Waals surface area contributed by atoms with E-state index >= 15 is 0 Å². The average molecular weight is 258 g/mol. The summed E-state index contributed by atoms with van der Waals surface area (Å²) in [6, 6.07) is 15.1. The van der Waals surface area contributed by atoms with Gasteiger partial charge in [0.25, 0.3) is 0 Å². The minimum atomic E-state index is 0.255. The van der Waals surface area contributed by atoms with Crippen molar-refractivity contribution in [2.24, 2.45) is 10.7 Å². The van der Waals surface area contributed by atoms with Gasteiger partial charge in [-0.25, -0.2) is 0 Å². The molecule has 18 heavy (non-hydrogen) atoms. The van der Waals surface area contributed by atoms with Gasteiger partial charge in [-0.3, -0.25) is 4.99 Å². The van der Waals surface area contributed by atoms with Gasteiger partial charge in [-0.2, -0.15) is 0 Å². The zero-order valence-electron chi connectivity index (χ0n) is 10.8. The van der Waals surface area contributed by atoms with Crippen molar-refractivity contribution in [2.75, 3.05) is 0 Å². The number of thioether (sulfide) groups is 1. The normalized spacial score (nSPS) is 12.3. The number of benzene rings is 2. The van der Waals surface area contributed by atoms with Crippen LogP contribution in [-0.2, 0) is 5.75 Å². The van der Waals surface area contributed by atoms with Crippen molar-refractivity contribution in [2.45, 2.75) is 25.6 Å². The summed E-state index contributed by atoms with van der Waals surface area (Å²) in [4.78, 5) is 4.33. The summed E-state index contributed by atoms with van der Waals surface area (Å²) < 4.78 is 0. The maximum Gasteiger partial charge on any atom is 0.154 e. The van der Waals surface area contributed by atoms with Crippen LogP contribution in [0.4, 0.5) is 0 Å². The molecular weight excluding hydrogens is 240 g/mol. The van der Waals surface area contributed by atoms with E-state index in [4.69, 9.17) is 5.73 Å². The number of rotatable bonds is 3. The number of hydrogen-bond donors (Lipinski definition) is 1. The molecule has 2 nitrogen and oxygen atoms in total. The molecule has 94 valence electrons. The van der Waals surface area contributed by atoms with Gasteiger partial charge in [0.2, 0.25) is 0 Å². The van der Waals surface area contributed by atoms with Crippen molar-refractivity contribution in [3.63, 3.8) is 0 Å². The minimum Gasteiger partial charge on any atom is -0.379 e. The lowest BCUT2D eigenvalue weighted by atomic mass is 10.1. The van der Waals surface area contributed by atoms with Gasteiger partial charge in [-0.1, -0.05) is 54.2 Å². The number of nitrogens with zero attached hydrogens (tertiary/aromatic N) is 1. The highest BCUT2D eigenvalue weighted by molar-refractivity contribution is 8.13. The van der Waals surface area contributed by atoms with Gasteiger partial charge >= 0.3 is 0 Å². The van der Waals surface area contributed by atoms with Crippen molar-refractivity contribution < 1.29 is 0 Å². The smallest absolute Gasteiger partial charge is 0.154 e. The Labute approximate surface area is 112 Å². The first-order chi connectivity index (χ1) is 8.66. The number of hydrogen-bond acceptors (Lipinski definition) is 2. The van der Waals surface area contributed by atoms with E-state index in [9.17, 15) is 0 Å². The van der Waals surface area contributed by atoms with E-state index < -0.39 is 0 Å². The number of fused-ring (bicyclic) bond motifs is 1. The summed E-state index contributed by atoms with van der Waals surface area (Å²) in [6.07, 6.45) is 0. The molecule has 3 heteroatoms. The number of nitrogens with two attached hydrogens (primary N) is 1. The number of aliphatic imine (C=N–C) groups is 1. The molecule has 0 aromatic heterocycles. The minimum absolute atomic E-state index is 0.255. The van der Waals surface area contributed by atoms with Gasteiger partial charge in [-0.05, 0) is 30.2 Å². The molecular formula is C15H18N2S. The third-order valence-corrected chi connectivity index (χ3v) is 3.50. The van der Waals surface area contributed by atoms with Crippen LogP contribution in [-0.4, -0.2) is 11.2 Å². The van der Waals surface area contributed by atoms with Gasteiger partial charge in [0.05, 0.1) is 0 Å². The largest absolute Gasteiger partial charge is 0.379 e. The van der Waals surface area contributed by atoms with Crippen molar-refractivity contribution >= 4 is 27.7 Å². The topological polar surface area (TPSA) is 38.4 Å². The van der Waals surface area contributed by atoms with E-state index in [1.54, 1.807) is 11.8 Å². The van der Waals surface area contributed by atoms with Crippen LogP contribution in [0.2, 0.25) is 0 Å². The SMILES string of the molecule is CC(C)N=C(N)SCc1cccc2ccccc12. The summed E-state index contributed by atoms with van der Waals surface area (Å²) in [5, 5.41) is 3.23. The second-order valence-corrected chi connectivity index (χ2v) is 5.48.